The first-order valence-corrected chi connectivity index (χ1v) is 13.8. The molecule has 0 aromatic heterocycles. The standard InChI is InChI=1S/C32H49Si/c1-10-11-12-13-18-23-32(33,28-21-16-14-19-26(28)24(2)30(4,5)6)29-22-17-15-20-27(29)25(3)31(7,8)9/h14-17,19-22,24-25H,10-13,18,23H2,1-9H3. The maximum Gasteiger partial charge on any atom is 0.0444 e. The van der Waals surface area contributed by atoms with Crippen molar-refractivity contribution < 1.29 is 0 Å². The van der Waals surface area contributed by atoms with Gasteiger partial charge in [-0.3, -0.25) is 0 Å². The Morgan fingerprint density at radius 1 is 0.636 bits per heavy atom. The van der Waals surface area contributed by atoms with Crippen molar-refractivity contribution in [3.05, 3.63) is 70.8 Å². The summed E-state index contributed by atoms with van der Waals surface area (Å²) in [5, 5.41) is -0.182. The average molecular weight is 462 g/mol. The van der Waals surface area contributed by atoms with Crippen molar-refractivity contribution >= 4 is 10.2 Å². The molecule has 0 N–H and O–H groups in total. The summed E-state index contributed by atoms with van der Waals surface area (Å²) in [6.45, 7) is 21.3. The van der Waals surface area contributed by atoms with Gasteiger partial charge < -0.3 is 0 Å². The molecule has 0 aliphatic rings. The topological polar surface area (TPSA) is 0 Å². The van der Waals surface area contributed by atoms with E-state index in [0.717, 1.165) is 6.42 Å². The largest absolute Gasteiger partial charge is 0.0654 e. The predicted octanol–water partition coefficient (Wildman–Crippen LogP) is 9.76. The summed E-state index contributed by atoms with van der Waals surface area (Å²) in [7, 11) is 4.51. The number of hydrogen-bond acceptors (Lipinski definition) is 0. The van der Waals surface area contributed by atoms with Crippen LogP contribution < -0.4 is 0 Å². The summed E-state index contributed by atoms with van der Waals surface area (Å²) in [6.07, 6.45) is 7.61. The highest BCUT2D eigenvalue weighted by Crippen LogP contribution is 2.46. The van der Waals surface area contributed by atoms with E-state index in [1.807, 2.05) is 0 Å². The minimum atomic E-state index is -0.182. The van der Waals surface area contributed by atoms with Gasteiger partial charge in [-0.05, 0) is 51.3 Å². The van der Waals surface area contributed by atoms with Gasteiger partial charge in [0.05, 0.1) is 0 Å². The lowest BCUT2D eigenvalue weighted by Gasteiger charge is -2.40. The zero-order valence-corrected chi connectivity index (χ0v) is 24.0. The van der Waals surface area contributed by atoms with Crippen molar-refractivity contribution in [1.82, 2.24) is 0 Å². The second-order valence-corrected chi connectivity index (χ2v) is 13.3. The molecule has 33 heavy (non-hydrogen) atoms. The fourth-order valence-electron chi connectivity index (χ4n) is 4.87. The molecule has 2 aromatic rings. The Bertz CT molecular complexity index is 801. The van der Waals surface area contributed by atoms with Crippen LogP contribution in [0.25, 0.3) is 0 Å². The minimum Gasteiger partial charge on any atom is -0.0654 e. The van der Waals surface area contributed by atoms with Crippen LogP contribution in [0.5, 0.6) is 0 Å². The highest BCUT2D eigenvalue weighted by Gasteiger charge is 2.37. The lowest BCUT2D eigenvalue weighted by atomic mass is 9.70. The van der Waals surface area contributed by atoms with E-state index in [2.05, 4.69) is 121 Å². The Kier molecular flexibility index (Phi) is 9.63. The van der Waals surface area contributed by atoms with Crippen LogP contribution in [-0.2, 0) is 5.04 Å². The van der Waals surface area contributed by atoms with Crippen LogP contribution in [0, 0.1) is 10.8 Å². The molecule has 0 heterocycles. The molecule has 0 bridgehead atoms. The van der Waals surface area contributed by atoms with Crippen LogP contribution in [0.15, 0.2) is 48.5 Å². The molecule has 1 heteroatoms. The Labute approximate surface area is 209 Å². The smallest absolute Gasteiger partial charge is 0.0444 e. The van der Waals surface area contributed by atoms with Crippen molar-refractivity contribution in [3.8, 4) is 0 Å². The fourth-order valence-corrected chi connectivity index (χ4v) is 5.50. The lowest BCUT2D eigenvalue weighted by Crippen LogP contribution is -2.33. The first-order valence-electron chi connectivity index (χ1n) is 13.3. The predicted molar refractivity (Wildman–Crippen MR) is 149 cm³/mol. The van der Waals surface area contributed by atoms with Gasteiger partial charge in [0.1, 0.15) is 0 Å². The van der Waals surface area contributed by atoms with Crippen LogP contribution in [-0.4, -0.2) is 10.2 Å². The van der Waals surface area contributed by atoms with E-state index in [1.54, 1.807) is 0 Å². The fraction of sp³-hybridized carbons (Fsp3) is 0.625. The molecule has 0 nitrogen and oxygen atoms in total. The highest BCUT2D eigenvalue weighted by molar-refractivity contribution is 6.18. The molecule has 0 fully saturated rings. The molecular weight excluding hydrogens is 412 g/mol. The van der Waals surface area contributed by atoms with Crippen LogP contribution in [0.3, 0.4) is 0 Å². The molecule has 3 radical (unpaired) electrons. The van der Waals surface area contributed by atoms with Gasteiger partial charge in [0.25, 0.3) is 0 Å². The molecule has 181 valence electrons. The van der Waals surface area contributed by atoms with Gasteiger partial charge in [-0.2, -0.15) is 0 Å². The van der Waals surface area contributed by atoms with Crippen molar-refractivity contribution in [2.24, 2.45) is 10.8 Å². The molecule has 2 rings (SSSR count). The second kappa shape index (κ2) is 11.4. The van der Waals surface area contributed by atoms with E-state index in [-0.39, 0.29) is 15.9 Å². The van der Waals surface area contributed by atoms with Crippen molar-refractivity contribution in [2.45, 2.75) is 118 Å². The first-order chi connectivity index (χ1) is 15.3. The summed E-state index contributed by atoms with van der Waals surface area (Å²) in [5.74, 6) is 0.938. The monoisotopic (exact) mass is 461 g/mol. The summed E-state index contributed by atoms with van der Waals surface area (Å²) < 4.78 is 0. The van der Waals surface area contributed by atoms with E-state index in [1.165, 1.54) is 54.4 Å². The molecule has 2 aromatic carbocycles. The minimum absolute atomic E-state index is 0.182. The summed E-state index contributed by atoms with van der Waals surface area (Å²) >= 11 is 0. The third-order valence-corrected chi connectivity index (χ3v) is 8.82. The zero-order valence-electron chi connectivity index (χ0n) is 23.0. The number of benzene rings is 2. The molecule has 0 aliphatic carbocycles. The number of hydrogen-bond donors (Lipinski definition) is 0. The van der Waals surface area contributed by atoms with Crippen molar-refractivity contribution in [3.63, 3.8) is 0 Å². The van der Waals surface area contributed by atoms with Crippen LogP contribution >= 0.6 is 0 Å². The molecule has 0 spiro atoms. The number of rotatable bonds is 10. The van der Waals surface area contributed by atoms with Gasteiger partial charge in [0.15, 0.2) is 0 Å². The maximum absolute atomic E-state index is 4.51. The van der Waals surface area contributed by atoms with E-state index in [9.17, 15) is 0 Å². The normalized spacial score (nSPS) is 16.3. The number of unbranched alkanes of at least 4 members (excludes halogenated alkanes) is 4. The van der Waals surface area contributed by atoms with Crippen LogP contribution in [0.1, 0.15) is 135 Å². The quantitative estimate of drug-likeness (QED) is 0.244. The molecule has 0 aliphatic heterocycles. The molecule has 0 saturated heterocycles. The average Bonchev–Trinajstić information content (AvgIpc) is 2.76. The molecule has 0 saturated carbocycles. The van der Waals surface area contributed by atoms with Crippen molar-refractivity contribution in [2.75, 3.05) is 0 Å². The van der Waals surface area contributed by atoms with Gasteiger partial charge in [0.2, 0.25) is 0 Å². The highest BCUT2D eigenvalue weighted by atomic mass is 28.1. The summed E-state index contributed by atoms with van der Waals surface area (Å²) in [4.78, 5) is 0. The molecule has 0 amide bonds. The Morgan fingerprint density at radius 3 is 1.42 bits per heavy atom. The third-order valence-electron chi connectivity index (χ3n) is 8.03. The van der Waals surface area contributed by atoms with Gasteiger partial charge in [-0.25, -0.2) is 0 Å². The first kappa shape index (κ1) is 27.9. The van der Waals surface area contributed by atoms with Gasteiger partial charge in [-0.15, -0.1) is 0 Å². The Balaban J connectivity index is 2.67. The SMILES string of the molecule is CCCCCCCC([Si])(c1ccccc1C(C)C(C)(C)C)c1ccccc1C(C)C(C)(C)C. The van der Waals surface area contributed by atoms with E-state index in [4.69, 9.17) is 0 Å². The lowest BCUT2D eigenvalue weighted by molar-refractivity contribution is 0.333. The molecule has 2 unspecified atom stereocenters. The van der Waals surface area contributed by atoms with Crippen molar-refractivity contribution in [1.29, 1.82) is 0 Å². The molecule has 2 atom stereocenters. The summed E-state index contributed by atoms with van der Waals surface area (Å²) in [5.41, 5.74) is 6.28. The molecular formula is C32H49Si. The van der Waals surface area contributed by atoms with E-state index >= 15 is 0 Å². The Morgan fingerprint density at radius 2 is 1.03 bits per heavy atom. The van der Waals surface area contributed by atoms with Crippen LogP contribution in [0.4, 0.5) is 0 Å². The second-order valence-electron chi connectivity index (χ2n) is 12.4. The third kappa shape index (κ3) is 6.84. The van der Waals surface area contributed by atoms with Gasteiger partial charge in [0, 0.05) is 15.3 Å². The van der Waals surface area contributed by atoms with E-state index in [0.29, 0.717) is 11.8 Å². The maximum atomic E-state index is 4.51. The van der Waals surface area contributed by atoms with Crippen LogP contribution in [0.2, 0.25) is 0 Å². The van der Waals surface area contributed by atoms with Gasteiger partial charge in [-0.1, -0.05) is 143 Å². The summed E-state index contributed by atoms with van der Waals surface area (Å²) in [6, 6.07) is 18.4. The van der Waals surface area contributed by atoms with Gasteiger partial charge >= 0.3 is 0 Å². The Hall–Kier alpha value is -1.34. The van der Waals surface area contributed by atoms with E-state index < -0.39 is 0 Å². The zero-order chi connectivity index (χ0) is 24.9.